The van der Waals surface area contributed by atoms with Gasteiger partial charge in [-0.05, 0) is 75.4 Å². The molecule has 2 aromatic rings. The van der Waals surface area contributed by atoms with Crippen LogP contribution < -0.4 is 16.2 Å². The SMILES string of the molecule is CC(C)(O)c1sc(SN)cc1F.NC(=O)Nc1c2c(nc3c1CCC3)CCC2. The first kappa shape index (κ1) is 21.0. The average Bonchev–Trinajstić information content (AvgIpc) is 3.32. The maximum Gasteiger partial charge on any atom is 0.316 e. The summed E-state index contributed by atoms with van der Waals surface area (Å²) >= 11 is 2.17. The van der Waals surface area contributed by atoms with E-state index >= 15 is 0 Å². The van der Waals surface area contributed by atoms with Crippen LogP contribution in [0.1, 0.15) is 54.1 Å². The van der Waals surface area contributed by atoms with Crippen LogP contribution in [0.3, 0.4) is 0 Å². The summed E-state index contributed by atoms with van der Waals surface area (Å²) in [6.07, 6.45) is 6.39. The number of nitrogens with one attached hydrogen (secondary N) is 1. The Morgan fingerprint density at radius 1 is 1.25 bits per heavy atom. The van der Waals surface area contributed by atoms with Gasteiger partial charge in [-0.15, -0.1) is 11.3 Å². The lowest BCUT2D eigenvalue weighted by Crippen LogP contribution is -2.21. The number of rotatable bonds is 3. The van der Waals surface area contributed by atoms with E-state index in [0.29, 0.717) is 9.09 Å². The molecule has 6 nitrogen and oxygen atoms in total. The quantitative estimate of drug-likeness (QED) is 0.562. The lowest BCUT2D eigenvalue weighted by atomic mass is 10.1. The van der Waals surface area contributed by atoms with E-state index in [2.05, 4.69) is 5.32 Å². The van der Waals surface area contributed by atoms with Crippen LogP contribution in [-0.2, 0) is 31.3 Å². The van der Waals surface area contributed by atoms with Crippen molar-refractivity contribution in [2.45, 2.75) is 62.2 Å². The van der Waals surface area contributed by atoms with E-state index in [1.807, 2.05) is 0 Å². The highest BCUT2D eigenvalue weighted by molar-refractivity contribution is 7.99. The number of nitrogens with two attached hydrogens (primary N) is 2. The average molecular weight is 425 g/mol. The second-order valence-corrected chi connectivity index (χ2v) is 9.44. The molecule has 6 N–H and O–H groups in total. The Morgan fingerprint density at radius 3 is 2.21 bits per heavy atom. The molecule has 2 heterocycles. The number of thiophene rings is 1. The van der Waals surface area contributed by atoms with Crippen molar-refractivity contribution in [1.82, 2.24) is 4.98 Å². The van der Waals surface area contributed by atoms with E-state index in [1.165, 1.54) is 39.9 Å². The Labute approximate surface area is 172 Å². The van der Waals surface area contributed by atoms with Crippen LogP contribution in [-0.4, -0.2) is 16.1 Å². The lowest BCUT2D eigenvalue weighted by molar-refractivity contribution is 0.0789. The molecular weight excluding hydrogens is 399 g/mol. The molecule has 2 amide bonds. The molecule has 0 atom stereocenters. The van der Waals surface area contributed by atoms with Crippen molar-refractivity contribution in [3.63, 3.8) is 0 Å². The van der Waals surface area contributed by atoms with Gasteiger partial charge in [-0.25, -0.2) is 9.18 Å². The number of pyridine rings is 1. The molecule has 2 aliphatic rings. The summed E-state index contributed by atoms with van der Waals surface area (Å²) in [5.74, 6) is -0.388. The topological polar surface area (TPSA) is 114 Å². The number of aromatic nitrogens is 1. The number of anilines is 1. The molecule has 0 unspecified atom stereocenters. The number of hydrogen-bond acceptors (Lipinski definition) is 6. The van der Waals surface area contributed by atoms with Crippen LogP contribution in [0.25, 0.3) is 0 Å². The Morgan fingerprint density at radius 2 is 1.82 bits per heavy atom. The highest BCUT2D eigenvalue weighted by Crippen LogP contribution is 2.36. The molecule has 0 radical (unpaired) electrons. The van der Waals surface area contributed by atoms with Crippen molar-refractivity contribution < 1.29 is 14.3 Å². The molecule has 28 heavy (non-hydrogen) atoms. The summed E-state index contributed by atoms with van der Waals surface area (Å²) in [6.45, 7) is 3.10. The normalized spacial score (nSPS) is 14.9. The monoisotopic (exact) mass is 424 g/mol. The van der Waals surface area contributed by atoms with Gasteiger partial charge in [0.15, 0.2) is 0 Å². The zero-order valence-electron chi connectivity index (χ0n) is 16.0. The van der Waals surface area contributed by atoms with Gasteiger partial charge in [0.1, 0.15) is 5.82 Å². The molecule has 0 saturated carbocycles. The molecule has 152 valence electrons. The second-order valence-electron chi connectivity index (χ2n) is 7.45. The number of urea groups is 1. The number of nitrogens with zero attached hydrogens (tertiary/aromatic N) is 1. The van der Waals surface area contributed by atoms with E-state index in [1.54, 1.807) is 13.8 Å². The van der Waals surface area contributed by atoms with E-state index in [0.717, 1.165) is 56.2 Å². The zero-order valence-corrected chi connectivity index (χ0v) is 17.6. The van der Waals surface area contributed by atoms with Crippen molar-refractivity contribution in [1.29, 1.82) is 0 Å². The third-order valence-electron chi connectivity index (χ3n) is 4.84. The Hall–Kier alpha value is -1.68. The first-order valence-corrected chi connectivity index (χ1v) is 10.9. The minimum Gasteiger partial charge on any atom is -0.385 e. The summed E-state index contributed by atoms with van der Waals surface area (Å²) in [7, 11) is 0. The van der Waals surface area contributed by atoms with Gasteiger partial charge in [0.2, 0.25) is 0 Å². The van der Waals surface area contributed by atoms with Crippen molar-refractivity contribution in [2.75, 3.05) is 5.32 Å². The number of hydrogen-bond donors (Lipinski definition) is 4. The maximum absolute atomic E-state index is 13.1. The summed E-state index contributed by atoms with van der Waals surface area (Å²) in [4.78, 5) is 16.1. The summed E-state index contributed by atoms with van der Waals surface area (Å²) < 4.78 is 13.7. The number of aryl methyl sites for hydroxylation is 2. The number of carbonyl (C=O) groups is 1. The zero-order chi connectivity index (χ0) is 20.5. The molecule has 0 aromatic carbocycles. The predicted molar refractivity (Wildman–Crippen MR) is 111 cm³/mol. The highest BCUT2D eigenvalue weighted by atomic mass is 32.2. The van der Waals surface area contributed by atoms with Crippen LogP contribution in [0.2, 0.25) is 0 Å². The Balaban J connectivity index is 0.000000169. The number of aliphatic hydroxyl groups is 1. The molecule has 0 bridgehead atoms. The van der Waals surface area contributed by atoms with E-state index in [9.17, 15) is 14.3 Å². The largest absolute Gasteiger partial charge is 0.385 e. The molecular formula is C19H25FN4O2S2. The maximum atomic E-state index is 13.1. The summed E-state index contributed by atoms with van der Waals surface area (Å²) in [6, 6.07) is 0.872. The van der Waals surface area contributed by atoms with E-state index in [4.69, 9.17) is 15.9 Å². The predicted octanol–water partition coefficient (Wildman–Crippen LogP) is 3.63. The van der Waals surface area contributed by atoms with Crippen molar-refractivity contribution in [3.8, 4) is 0 Å². The van der Waals surface area contributed by atoms with Gasteiger partial charge in [-0.1, -0.05) is 0 Å². The van der Waals surface area contributed by atoms with E-state index < -0.39 is 11.6 Å². The van der Waals surface area contributed by atoms with Crippen LogP contribution in [0.5, 0.6) is 0 Å². The molecule has 0 fully saturated rings. The number of carbonyl (C=O) groups excluding carboxylic acids is 1. The fourth-order valence-electron chi connectivity index (χ4n) is 3.68. The molecule has 2 aromatic heterocycles. The number of primary amides is 1. The molecule has 0 saturated heterocycles. The van der Waals surface area contributed by atoms with Gasteiger partial charge < -0.3 is 16.2 Å². The minimum absolute atomic E-state index is 0.329. The summed E-state index contributed by atoms with van der Waals surface area (Å²) in [5.41, 5.74) is 9.88. The Kier molecular flexibility index (Phi) is 6.28. The highest BCUT2D eigenvalue weighted by Gasteiger charge is 2.26. The molecule has 4 rings (SSSR count). The number of amides is 2. The third-order valence-corrected chi connectivity index (χ3v) is 6.94. The van der Waals surface area contributed by atoms with Crippen molar-refractivity contribution in [2.24, 2.45) is 10.9 Å². The fraction of sp³-hybridized carbons (Fsp3) is 0.474. The lowest BCUT2D eigenvalue weighted by Gasteiger charge is -2.14. The first-order chi connectivity index (χ1) is 13.2. The third kappa shape index (κ3) is 4.48. The standard InChI is InChI=1S/C12H15N3O.C7H10FNOS2/c13-12(16)15-11-7-3-1-5-9(7)14-10-6-2-4-8(10)11;1-7(2,10)6-4(8)3-5(11-6)12-9/h1-6H2,(H3,13,14,15,16);3,10H,9H2,1-2H3. The van der Waals surface area contributed by atoms with Crippen LogP contribution >= 0.6 is 23.3 Å². The van der Waals surface area contributed by atoms with Gasteiger partial charge in [0, 0.05) is 17.5 Å². The molecule has 2 aliphatic carbocycles. The van der Waals surface area contributed by atoms with Gasteiger partial charge in [-0.2, -0.15) is 0 Å². The fourth-order valence-corrected chi connectivity index (χ4v) is 5.07. The van der Waals surface area contributed by atoms with Crippen molar-refractivity contribution >= 4 is 35.0 Å². The van der Waals surface area contributed by atoms with Gasteiger partial charge in [-0.3, -0.25) is 10.1 Å². The molecule has 0 spiro atoms. The van der Waals surface area contributed by atoms with Crippen LogP contribution in [0.15, 0.2) is 10.3 Å². The molecule has 9 heteroatoms. The smallest absolute Gasteiger partial charge is 0.316 e. The summed E-state index contributed by atoms with van der Waals surface area (Å²) in [5, 5.41) is 17.6. The van der Waals surface area contributed by atoms with Gasteiger partial charge >= 0.3 is 6.03 Å². The minimum atomic E-state index is -1.12. The number of fused-ring (bicyclic) bond motifs is 2. The van der Waals surface area contributed by atoms with Gasteiger partial charge in [0.25, 0.3) is 0 Å². The second kappa shape index (κ2) is 8.36. The Bertz CT molecular complexity index is 861. The van der Waals surface area contributed by atoms with Crippen LogP contribution in [0, 0.1) is 5.82 Å². The van der Waals surface area contributed by atoms with Crippen molar-refractivity contribution in [3.05, 3.63) is 39.3 Å². The molecule has 0 aliphatic heterocycles. The van der Waals surface area contributed by atoms with E-state index in [-0.39, 0.29) is 5.82 Å². The van der Waals surface area contributed by atoms with Gasteiger partial charge in [0.05, 0.1) is 20.4 Å². The number of halogens is 1. The first-order valence-electron chi connectivity index (χ1n) is 9.19. The van der Waals surface area contributed by atoms with Crippen LogP contribution in [0.4, 0.5) is 14.9 Å².